The number of hydrogen-bond donors (Lipinski definition) is 1. The predicted octanol–water partition coefficient (Wildman–Crippen LogP) is 6.97. The molecule has 0 aliphatic heterocycles. The van der Waals surface area contributed by atoms with E-state index >= 15 is 0 Å². The molecular formula is C24H36N2. The Labute approximate surface area is 160 Å². The SMILES string of the molecule is CCCCc1ccc(N(CC(CC)CCCC)c2cccc(N)c2)cc1. The smallest absolute Gasteiger partial charge is 0.0431 e. The quantitative estimate of drug-likeness (QED) is 0.443. The van der Waals surface area contributed by atoms with Crippen LogP contribution in [0.5, 0.6) is 0 Å². The number of hydrogen-bond acceptors (Lipinski definition) is 2. The minimum Gasteiger partial charge on any atom is -0.399 e. The van der Waals surface area contributed by atoms with Gasteiger partial charge in [-0.1, -0.05) is 64.7 Å². The van der Waals surface area contributed by atoms with Gasteiger partial charge in [0.05, 0.1) is 0 Å². The second-order valence-corrected chi connectivity index (χ2v) is 7.39. The van der Waals surface area contributed by atoms with Crippen molar-refractivity contribution in [3.8, 4) is 0 Å². The number of nitrogens with two attached hydrogens (primary N) is 1. The second-order valence-electron chi connectivity index (χ2n) is 7.39. The Kier molecular flexibility index (Phi) is 8.53. The fourth-order valence-corrected chi connectivity index (χ4v) is 3.45. The Morgan fingerprint density at radius 2 is 1.62 bits per heavy atom. The number of aryl methyl sites for hydroxylation is 1. The summed E-state index contributed by atoms with van der Waals surface area (Å²) in [4.78, 5) is 2.45. The van der Waals surface area contributed by atoms with Crippen molar-refractivity contribution in [2.45, 2.75) is 65.7 Å². The van der Waals surface area contributed by atoms with E-state index in [1.165, 1.54) is 61.9 Å². The first-order valence-corrected chi connectivity index (χ1v) is 10.4. The van der Waals surface area contributed by atoms with Crippen LogP contribution >= 0.6 is 0 Å². The van der Waals surface area contributed by atoms with E-state index in [1.807, 2.05) is 6.07 Å². The fraction of sp³-hybridized carbons (Fsp3) is 0.500. The summed E-state index contributed by atoms with van der Waals surface area (Å²) >= 11 is 0. The molecule has 0 aliphatic rings. The Hall–Kier alpha value is -1.96. The van der Waals surface area contributed by atoms with E-state index in [4.69, 9.17) is 5.73 Å². The van der Waals surface area contributed by atoms with Crippen molar-refractivity contribution in [3.63, 3.8) is 0 Å². The Morgan fingerprint density at radius 1 is 0.885 bits per heavy atom. The van der Waals surface area contributed by atoms with Crippen LogP contribution < -0.4 is 10.6 Å². The van der Waals surface area contributed by atoms with E-state index < -0.39 is 0 Å². The number of nitrogens with zero attached hydrogens (tertiary/aromatic N) is 1. The Bertz CT molecular complexity index is 633. The lowest BCUT2D eigenvalue weighted by Gasteiger charge is -2.30. The molecule has 0 radical (unpaired) electrons. The lowest BCUT2D eigenvalue weighted by atomic mass is 9.98. The minimum atomic E-state index is 0.705. The van der Waals surface area contributed by atoms with E-state index in [1.54, 1.807) is 0 Å². The van der Waals surface area contributed by atoms with E-state index in [2.05, 4.69) is 68.1 Å². The van der Waals surface area contributed by atoms with Crippen LogP contribution in [-0.2, 0) is 6.42 Å². The van der Waals surface area contributed by atoms with Gasteiger partial charge in [-0.3, -0.25) is 0 Å². The van der Waals surface area contributed by atoms with Gasteiger partial charge in [0, 0.05) is 23.6 Å². The molecule has 0 amide bonds. The molecule has 0 bridgehead atoms. The topological polar surface area (TPSA) is 29.3 Å². The molecule has 2 heteroatoms. The normalized spacial score (nSPS) is 12.1. The maximum Gasteiger partial charge on any atom is 0.0431 e. The van der Waals surface area contributed by atoms with Gasteiger partial charge in [-0.15, -0.1) is 0 Å². The van der Waals surface area contributed by atoms with Gasteiger partial charge >= 0.3 is 0 Å². The first kappa shape index (κ1) is 20.4. The van der Waals surface area contributed by atoms with Gasteiger partial charge in [0.2, 0.25) is 0 Å². The molecular weight excluding hydrogens is 316 g/mol. The molecule has 0 spiro atoms. The van der Waals surface area contributed by atoms with Crippen molar-refractivity contribution in [1.29, 1.82) is 0 Å². The van der Waals surface area contributed by atoms with Crippen LogP contribution in [0.4, 0.5) is 17.1 Å². The maximum absolute atomic E-state index is 6.07. The van der Waals surface area contributed by atoms with E-state index in [0.29, 0.717) is 5.92 Å². The van der Waals surface area contributed by atoms with Crippen LogP contribution in [0.25, 0.3) is 0 Å². The third-order valence-electron chi connectivity index (χ3n) is 5.23. The molecule has 142 valence electrons. The maximum atomic E-state index is 6.07. The summed E-state index contributed by atoms with van der Waals surface area (Å²) in [6.07, 6.45) is 8.75. The highest BCUT2D eigenvalue weighted by Gasteiger charge is 2.15. The minimum absolute atomic E-state index is 0.705. The zero-order valence-corrected chi connectivity index (χ0v) is 16.9. The molecule has 0 heterocycles. The number of nitrogen functional groups attached to an aromatic ring is 1. The molecule has 0 saturated carbocycles. The van der Waals surface area contributed by atoms with Gasteiger partial charge in [-0.2, -0.15) is 0 Å². The fourth-order valence-electron chi connectivity index (χ4n) is 3.45. The van der Waals surface area contributed by atoms with Crippen molar-refractivity contribution in [2.24, 2.45) is 5.92 Å². The van der Waals surface area contributed by atoms with Crippen LogP contribution in [-0.4, -0.2) is 6.54 Å². The first-order valence-electron chi connectivity index (χ1n) is 10.4. The third kappa shape index (κ3) is 6.09. The molecule has 0 fully saturated rings. The lowest BCUT2D eigenvalue weighted by molar-refractivity contribution is 0.458. The largest absolute Gasteiger partial charge is 0.399 e. The molecule has 1 atom stereocenters. The number of unbranched alkanes of at least 4 members (excludes halogenated alkanes) is 2. The average Bonchev–Trinajstić information content (AvgIpc) is 2.67. The summed E-state index contributed by atoms with van der Waals surface area (Å²) in [5, 5.41) is 0. The van der Waals surface area contributed by atoms with Gasteiger partial charge in [0.15, 0.2) is 0 Å². The van der Waals surface area contributed by atoms with Crippen molar-refractivity contribution >= 4 is 17.1 Å². The number of anilines is 3. The molecule has 2 rings (SSSR count). The monoisotopic (exact) mass is 352 g/mol. The third-order valence-corrected chi connectivity index (χ3v) is 5.23. The van der Waals surface area contributed by atoms with Crippen LogP contribution in [0.15, 0.2) is 48.5 Å². The van der Waals surface area contributed by atoms with Gasteiger partial charge < -0.3 is 10.6 Å². The Balaban J connectivity index is 2.24. The zero-order valence-electron chi connectivity index (χ0n) is 16.9. The molecule has 2 aromatic rings. The summed E-state index contributed by atoms with van der Waals surface area (Å²) in [5.74, 6) is 0.705. The molecule has 2 aromatic carbocycles. The van der Waals surface area contributed by atoms with Gasteiger partial charge in [0.1, 0.15) is 0 Å². The first-order chi connectivity index (χ1) is 12.7. The van der Waals surface area contributed by atoms with Gasteiger partial charge in [-0.25, -0.2) is 0 Å². The summed E-state index contributed by atoms with van der Waals surface area (Å²) in [6.45, 7) is 7.88. The average molecular weight is 353 g/mol. The molecule has 1 unspecified atom stereocenters. The molecule has 2 N–H and O–H groups in total. The van der Waals surface area contributed by atoms with Crippen molar-refractivity contribution in [2.75, 3.05) is 17.2 Å². The van der Waals surface area contributed by atoms with Crippen LogP contribution in [0, 0.1) is 5.92 Å². The van der Waals surface area contributed by atoms with E-state index in [0.717, 1.165) is 12.2 Å². The van der Waals surface area contributed by atoms with Crippen LogP contribution in [0.2, 0.25) is 0 Å². The summed E-state index contributed by atoms with van der Waals surface area (Å²) in [5.41, 5.74) is 10.8. The van der Waals surface area contributed by atoms with E-state index in [-0.39, 0.29) is 0 Å². The zero-order chi connectivity index (χ0) is 18.8. The second kappa shape index (κ2) is 10.9. The van der Waals surface area contributed by atoms with Gasteiger partial charge in [0.25, 0.3) is 0 Å². The number of benzene rings is 2. The van der Waals surface area contributed by atoms with Crippen molar-refractivity contribution in [3.05, 3.63) is 54.1 Å². The van der Waals surface area contributed by atoms with Crippen LogP contribution in [0.1, 0.15) is 64.9 Å². The lowest BCUT2D eigenvalue weighted by Crippen LogP contribution is -2.25. The van der Waals surface area contributed by atoms with Crippen LogP contribution in [0.3, 0.4) is 0 Å². The highest BCUT2D eigenvalue weighted by atomic mass is 15.1. The molecule has 26 heavy (non-hydrogen) atoms. The predicted molar refractivity (Wildman–Crippen MR) is 116 cm³/mol. The summed E-state index contributed by atoms with van der Waals surface area (Å²) in [6, 6.07) is 17.4. The number of rotatable bonds is 11. The van der Waals surface area contributed by atoms with Crippen molar-refractivity contribution < 1.29 is 0 Å². The summed E-state index contributed by atoms with van der Waals surface area (Å²) < 4.78 is 0. The molecule has 0 aliphatic carbocycles. The standard InChI is InChI=1S/C24H36N2/c1-4-7-10-20(6-3)19-26(24-13-9-12-22(25)18-24)23-16-14-21(15-17-23)11-8-5-2/h9,12-18,20H,4-8,10-11,19,25H2,1-3H3. The summed E-state index contributed by atoms with van der Waals surface area (Å²) in [7, 11) is 0. The van der Waals surface area contributed by atoms with Crippen molar-refractivity contribution in [1.82, 2.24) is 0 Å². The highest BCUT2D eigenvalue weighted by Crippen LogP contribution is 2.30. The molecule has 0 aromatic heterocycles. The Morgan fingerprint density at radius 3 is 2.23 bits per heavy atom. The van der Waals surface area contributed by atoms with Gasteiger partial charge in [-0.05, 0) is 61.1 Å². The molecule has 0 saturated heterocycles. The van der Waals surface area contributed by atoms with E-state index in [9.17, 15) is 0 Å². The highest BCUT2D eigenvalue weighted by molar-refractivity contribution is 5.66. The molecule has 2 nitrogen and oxygen atoms in total.